The highest BCUT2D eigenvalue weighted by Gasteiger charge is 2.26. The van der Waals surface area contributed by atoms with Crippen molar-refractivity contribution in [3.63, 3.8) is 0 Å². The van der Waals surface area contributed by atoms with Crippen LogP contribution in [0.5, 0.6) is 0 Å². The second kappa shape index (κ2) is 5.39. The first-order valence-electron chi connectivity index (χ1n) is 5.78. The lowest BCUT2D eigenvalue weighted by Crippen LogP contribution is -2.20. The number of amides is 1. The van der Waals surface area contributed by atoms with E-state index in [0.717, 1.165) is 0 Å². The van der Waals surface area contributed by atoms with E-state index in [-0.39, 0.29) is 23.0 Å². The largest absolute Gasteiger partial charge is 0.397 e. The lowest BCUT2D eigenvalue weighted by Gasteiger charge is -2.15. The van der Waals surface area contributed by atoms with Crippen molar-refractivity contribution in [2.75, 3.05) is 24.2 Å². The molecule has 100 valence electrons. The van der Waals surface area contributed by atoms with E-state index in [1.165, 1.54) is 11.3 Å². The van der Waals surface area contributed by atoms with Crippen LogP contribution in [0.15, 0.2) is 0 Å². The molecule has 0 bridgehead atoms. The summed E-state index contributed by atoms with van der Waals surface area (Å²) in [5.74, 6) is -0.816. The quantitative estimate of drug-likeness (QED) is 0.796. The molecular weight excluding hydrogens is 250 g/mol. The summed E-state index contributed by atoms with van der Waals surface area (Å²) < 4.78 is 0. The molecule has 0 aliphatic carbocycles. The monoisotopic (exact) mass is 269 g/mol. The predicted molar refractivity (Wildman–Crippen MR) is 75.4 cm³/mol. The van der Waals surface area contributed by atoms with Gasteiger partial charge in [-0.25, -0.2) is 0 Å². The number of hydrogen-bond acceptors (Lipinski definition) is 5. The van der Waals surface area contributed by atoms with E-state index >= 15 is 0 Å². The SMILES string of the molecule is CCN(C)c1sc(C(=O)C(C)C)c(N)c1C(N)=O. The highest BCUT2D eigenvalue weighted by Crippen LogP contribution is 2.38. The van der Waals surface area contributed by atoms with Crippen molar-refractivity contribution in [1.82, 2.24) is 0 Å². The number of nitrogens with two attached hydrogens (primary N) is 2. The zero-order valence-corrected chi connectivity index (χ0v) is 11.9. The summed E-state index contributed by atoms with van der Waals surface area (Å²) in [6, 6.07) is 0. The fourth-order valence-electron chi connectivity index (χ4n) is 1.53. The van der Waals surface area contributed by atoms with E-state index in [1.807, 2.05) is 18.9 Å². The van der Waals surface area contributed by atoms with Gasteiger partial charge in [0.05, 0.1) is 16.1 Å². The van der Waals surface area contributed by atoms with Crippen LogP contribution in [-0.4, -0.2) is 25.3 Å². The molecule has 0 unspecified atom stereocenters. The van der Waals surface area contributed by atoms with Gasteiger partial charge in [-0.05, 0) is 6.92 Å². The van der Waals surface area contributed by atoms with Crippen LogP contribution >= 0.6 is 11.3 Å². The van der Waals surface area contributed by atoms with Crippen LogP contribution in [0.25, 0.3) is 0 Å². The smallest absolute Gasteiger partial charge is 0.253 e. The van der Waals surface area contributed by atoms with Gasteiger partial charge < -0.3 is 16.4 Å². The Hall–Kier alpha value is -1.56. The van der Waals surface area contributed by atoms with E-state index in [0.29, 0.717) is 16.4 Å². The maximum atomic E-state index is 12.0. The molecule has 0 atom stereocenters. The van der Waals surface area contributed by atoms with Crippen LogP contribution in [0.1, 0.15) is 40.8 Å². The number of carbonyl (C=O) groups excluding carboxylic acids is 2. The molecule has 0 aromatic carbocycles. The van der Waals surface area contributed by atoms with Gasteiger partial charge in [-0.15, -0.1) is 11.3 Å². The Morgan fingerprint density at radius 3 is 2.33 bits per heavy atom. The minimum absolute atomic E-state index is 0.0595. The molecule has 1 aromatic rings. The minimum Gasteiger partial charge on any atom is -0.397 e. The standard InChI is InChI=1S/C12H19N3O2S/c1-5-15(4)12-7(11(14)17)8(13)10(18-12)9(16)6(2)3/h6H,5,13H2,1-4H3,(H2,14,17). The zero-order valence-electron chi connectivity index (χ0n) is 11.1. The maximum absolute atomic E-state index is 12.0. The number of hydrogen-bond donors (Lipinski definition) is 2. The first-order valence-corrected chi connectivity index (χ1v) is 6.60. The molecule has 18 heavy (non-hydrogen) atoms. The van der Waals surface area contributed by atoms with Gasteiger partial charge in [0.1, 0.15) is 5.00 Å². The Kier molecular flexibility index (Phi) is 4.34. The zero-order chi connectivity index (χ0) is 14.0. The van der Waals surface area contributed by atoms with Crippen LogP contribution < -0.4 is 16.4 Å². The number of anilines is 2. The average Bonchev–Trinajstić information content (AvgIpc) is 2.64. The van der Waals surface area contributed by atoms with Gasteiger partial charge in [-0.2, -0.15) is 0 Å². The molecule has 1 rings (SSSR count). The minimum atomic E-state index is -0.596. The molecule has 1 heterocycles. The summed E-state index contributed by atoms with van der Waals surface area (Å²) in [7, 11) is 1.83. The summed E-state index contributed by atoms with van der Waals surface area (Å²) in [5, 5.41) is 0.659. The van der Waals surface area contributed by atoms with Gasteiger partial charge in [0.25, 0.3) is 5.91 Å². The van der Waals surface area contributed by atoms with Crippen LogP contribution in [0, 0.1) is 5.92 Å². The molecule has 6 heteroatoms. The number of primary amides is 1. The number of Topliss-reactive ketones (excluding diaryl/α,β-unsaturated/α-hetero) is 1. The highest BCUT2D eigenvalue weighted by atomic mass is 32.1. The molecule has 0 saturated carbocycles. The van der Waals surface area contributed by atoms with Crippen molar-refractivity contribution in [2.24, 2.45) is 11.7 Å². The summed E-state index contributed by atoms with van der Waals surface area (Å²) in [6.07, 6.45) is 0. The number of carbonyl (C=O) groups is 2. The summed E-state index contributed by atoms with van der Waals surface area (Å²) in [5.41, 5.74) is 11.7. The number of nitrogen functional groups attached to an aromatic ring is 1. The van der Waals surface area contributed by atoms with Crippen LogP contribution in [0.3, 0.4) is 0 Å². The second-order valence-electron chi connectivity index (χ2n) is 4.42. The third-order valence-corrected chi connectivity index (χ3v) is 4.08. The van der Waals surface area contributed by atoms with Crippen molar-refractivity contribution in [3.8, 4) is 0 Å². The van der Waals surface area contributed by atoms with Crippen molar-refractivity contribution < 1.29 is 9.59 Å². The van der Waals surface area contributed by atoms with E-state index in [4.69, 9.17) is 11.5 Å². The number of ketones is 1. The fourth-order valence-corrected chi connectivity index (χ4v) is 2.87. The third kappa shape index (κ3) is 2.48. The molecule has 4 N–H and O–H groups in total. The first-order chi connectivity index (χ1) is 8.31. The lowest BCUT2D eigenvalue weighted by atomic mass is 10.1. The van der Waals surface area contributed by atoms with Gasteiger partial charge in [-0.3, -0.25) is 9.59 Å². The Morgan fingerprint density at radius 1 is 1.39 bits per heavy atom. The summed E-state index contributed by atoms with van der Waals surface area (Å²) >= 11 is 1.23. The topological polar surface area (TPSA) is 89.4 Å². The Morgan fingerprint density at radius 2 is 1.94 bits per heavy atom. The lowest BCUT2D eigenvalue weighted by molar-refractivity contribution is 0.0944. The molecular formula is C12H19N3O2S. The summed E-state index contributed by atoms with van der Waals surface area (Å²) in [4.78, 5) is 25.8. The maximum Gasteiger partial charge on any atom is 0.253 e. The van der Waals surface area contributed by atoms with E-state index in [9.17, 15) is 9.59 Å². The van der Waals surface area contributed by atoms with Crippen LogP contribution in [-0.2, 0) is 0 Å². The van der Waals surface area contributed by atoms with Crippen LogP contribution in [0.4, 0.5) is 10.7 Å². The van der Waals surface area contributed by atoms with Gasteiger partial charge in [0, 0.05) is 19.5 Å². The van der Waals surface area contributed by atoms with Crippen LogP contribution in [0.2, 0.25) is 0 Å². The van der Waals surface area contributed by atoms with Gasteiger partial charge in [0.2, 0.25) is 0 Å². The summed E-state index contributed by atoms with van der Waals surface area (Å²) in [6.45, 7) is 6.25. The molecule has 0 aliphatic rings. The average molecular weight is 269 g/mol. The van der Waals surface area contributed by atoms with Crippen molar-refractivity contribution >= 4 is 33.7 Å². The van der Waals surface area contributed by atoms with E-state index < -0.39 is 5.91 Å². The van der Waals surface area contributed by atoms with Crippen molar-refractivity contribution in [2.45, 2.75) is 20.8 Å². The normalized spacial score (nSPS) is 10.7. The Labute approximate surface area is 111 Å². The molecule has 1 amide bonds. The molecule has 0 saturated heterocycles. The van der Waals surface area contributed by atoms with Crippen molar-refractivity contribution in [3.05, 3.63) is 10.4 Å². The van der Waals surface area contributed by atoms with Crippen molar-refractivity contribution in [1.29, 1.82) is 0 Å². The number of nitrogens with zero attached hydrogens (tertiary/aromatic N) is 1. The first kappa shape index (κ1) is 14.5. The van der Waals surface area contributed by atoms with E-state index in [2.05, 4.69) is 0 Å². The molecule has 0 radical (unpaired) electrons. The third-order valence-electron chi connectivity index (χ3n) is 2.74. The Bertz CT molecular complexity index is 480. The molecule has 0 fully saturated rings. The fraction of sp³-hybridized carbons (Fsp3) is 0.500. The predicted octanol–water partition coefficient (Wildman–Crippen LogP) is 1.72. The molecule has 0 aliphatic heterocycles. The number of thiophene rings is 1. The molecule has 5 nitrogen and oxygen atoms in total. The molecule has 0 spiro atoms. The number of rotatable bonds is 5. The van der Waals surface area contributed by atoms with Gasteiger partial charge in [-0.1, -0.05) is 13.8 Å². The molecule has 1 aromatic heterocycles. The second-order valence-corrected chi connectivity index (χ2v) is 5.42. The van der Waals surface area contributed by atoms with Gasteiger partial charge in [0.15, 0.2) is 5.78 Å². The van der Waals surface area contributed by atoms with Gasteiger partial charge >= 0.3 is 0 Å². The van der Waals surface area contributed by atoms with E-state index in [1.54, 1.807) is 13.8 Å². The Balaban J connectivity index is 3.41. The highest BCUT2D eigenvalue weighted by molar-refractivity contribution is 7.19.